The normalized spacial score (nSPS) is 8.62. The van der Waals surface area contributed by atoms with Gasteiger partial charge in [0.05, 0.1) is 6.07 Å². The number of hydrogen-bond donors (Lipinski definition) is 1. The fraction of sp³-hybridized carbons (Fsp3) is 0.182. The Morgan fingerprint density at radius 3 is 2.88 bits per heavy atom. The summed E-state index contributed by atoms with van der Waals surface area (Å²) in [6.45, 7) is -0.0460. The summed E-state index contributed by atoms with van der Waals surface area (Å²) < 4.78 is 5.06. The molecule has 0 saturated heterocycles. The zero-order chi connectivity index (χ0) is 11.8. The fourth-order valence-corrected chi connectivity index (χ4v) is 1.06. The van der Waals surface area contributed by atoms with E-state index in [1.165, 1.54) is 0 Å². The molecular weight excluding hydrogens is 206 g/mol. The Labute approximate surface area is 92.9 Å². The van der Waals surface area contributed by atoms with E-state index in [0.29, 0.717) is 11.4 Å². The number of nitriles is 2. The second-order valence-electron chi connectivity index (χ2n) is 2.86. The average Bonchev–Trinajstić information content (AvgIpc) is 2.27. The zero-order valence-corrected chi connectivity index (χ0v) is 8.43. The van der Waals surface area contributed by atoms with Gasteiger partial charge in [-0.25, -0.2) is 0 Å². The Morgan fingerprint density at radius 2 is 2.19 bits per heavy atom. The van der Waals surface area contributed by atoms with Crippen LogP contribution in [0.2, 0.25) is 0 Å². The summed E-state index contributed by atoms with van der Waals surface area (Å²) in [5, 5.41) is 19.2. The Kier molecular flexibility index (Phi) is 4.36. The fourth-order valence-electron chi connectivity index (χ4n) is 1.06. The molecule has 0 spiro atoms. The van der Waals surface area contributed by atoms with Gasteiger partial charge in [-0.15, -0.1) is 0 Å². The van der Waals surface area contributed by atoms with Crippen LogP contribution in [0.5, 0.6) is 5.75 Å². The number of rotatable bonds is 4. The molecule has 0 unspecified atom stereocenters. The highest BCUT2D eigenvalue weighted by atomic mass is 16.5. The van der Waals surface area contributed by atoms with Crippen molar-refractivity contribution in [1.29, 1.82) is 10.5 Å². The quantitative estimate of drug-likeness (QED) is 0.823. The number of ether oxygens (including phenoxy) is 1. The van der Waals surface area contributed by atoms with E-state index in [4.69, 9.17) is 15.3 Å². The monoisotopic (exact) mass is 215 g/mol. The van der Waals surface area contributed by atoms with E-state index < -0.39 is 0 Å². The topological polar surface area (TPSA) is 85.9 Å². The Morgan fingerprint density at radius 1 is 1.38 bits per heavy atom. The lowest BCUT2D eigenvalue weighted by Gasteiger charge is -2.05. The maximum Gasteiger partial charge on any atom is 0.238 e. The Hall–Kier alpha value is -2.53. The van der Waals surface area contributed by atoms with Crippen LogP contribution in [0.1, 0.15) is 6.42 Å². The molecule has 1 amide bonds. The molecule has 1 aromatic rings. The summed E-state index contributed by atoms with van der Waals surface area (Å²) in [6, 6.07) is 10.2. The number of nitrogens with one attached hydrogen (secondary N) is 1. The third-order valence-corrected chi connectivity index (χ3v) is 1.66. The van der Waals surface area contributed by atoms with Gasteiger partial charge in [0.1, 0.15) is 18.2 Å². The number of anilines is 1. The standard InChI is InChI=1S/C11H9N3O2/c12-5-4-11(15)14-9-2-1-3-10(8-9)16-7-6-13/h1-3,8H,4,7H2,(H,14,15). The predicted molar refractivity (Wildman–Crippen MR) is 56.4 cm³/mol. The van der Waals surface area contributed by atoms with E-state index in [1.54, 1.807) is 30.3 Å². The number of hydrogen-bond acceptors (Lipinski definition) is 4. The number of carbonyl (C=O) groups excluding carboxylic acids is 1. The lowest BCUT2D eigenvalue weighted by Crippen LogP contribution is -2.10. The van der Waals surface area contributed by atoms with Gasteiger partial charge in [-0.3, -0.25) is 4.79 Å². The van der Waals surface area contributed by atoms with Crippen molar-refractivity contribution in [1.82, 2.24) is 0 Å². The van der Waals surface area contributed by atoms with Crippen LogP contribution in [0.25, 0.3) is 0 Å². The number of amides is 1. The van der Waals surface area contributed by atoms with E-state index >= 15 is 0 Å². The Balaban J connectivity index is 2.64. The Bertz CT molecular complexity index is 457. The highest BCUT2D eigenvalue weighted by molar-refractivity contribution is 5.92. The molecule has 0 aliphatic heterocycles. The van der Waals surface area contributed by atoms with Crippen molar-refractivity contribution in [2.45, 2.75) is 6.42 Å². The summed E-state index contributed by atoms with van der Waals surface area (Å²) in [5.74, 6) is 0.122. The van der Waals surface area contributed by atoms with Crippen LogP contribution in [0.4, 0.5) is 5.69 Å². The second-order valence-corrected chi connectivity index (χ2v) is 2.86. The van der Waals surface area contributed by atoms with Crippen molar-refractivity contribution in [2.75, 3.05) is 11.9 Å². The van der Waals surface area contributed by atoms with Gasteiger partial charge in [-0.05, 0) is 12.1 Å². The summed E-state index contributed by atoms with van der Waals surface area (Å²) in [7, 11) is 0. The minimum atomic E-state index is -0.375. The smallest absolute Gasteiger partial charge is 0.238 e. The summed E-state index contributed by atoms with van der Waals surface area (Å²) >= 11 is 0. The minimum absolute atomic E-state index is 0.0460. The first-order valence-corrected chi connectivity index (χ1v) is 4.53. The maximum absolute atomic E-state index is 11.1. The largest absolute Gasteiger partial charge is 0.479 e. The molecule has 0 saturated carbocycles. The minimum Gasteiger partial charge on any atom is -0.479 e. The lowest BCUT2D eigenvalue weighted by atomic mass is 10.3. The molecule has 5 nitrogen and oxygen atoms in total. The van der Waals surface area contributed by atoms with Gasteiger partial charge in [0.15, 0.2) is 6.61 Å². The van der Waals surface area contributed by atoms with Crippen LogP contribution in [-0.4, -0.2) is 12.5 Å². The average molecular weight is 215 g/mol. The van der Waals surface area contributed by atoms with E-state index in [0.717, 1.165) is 0 Å². The molecule has 0 bridgehead atoms. The number of carbonyl (C=O) groups is 1. The van der Waals surface area contributed by atoms with E-state index in [9.17, 15) is 4.79 Å². The maximum atomic E-state index is 11.1. The van der Waals surface area contributed by atoms with Gasteiger partial charge in [0.2, 0.25) is 5.91 Å². The van der Waals surface area contributed by atoms with Gasteiger partial charge in [0.25, 0.3) is 0 Å². The molecule has 1 rings (SSSR count). The molecule has 0 aliphatic carbocycles. The summed E-state index contributed by atoms with van der Waals surface area (Å²) in [6.07, 6.45) is -0.191. The molecule has 1 aromatic carbocycles. The molecule has 0 radical (unpaired) electrons. The van der Waals surface area contributed by atoms with Crippen molar-refractivity contribution in [3.63, 3.8) is 0 Å². The van der Waals surface area contributed by atoms with Crippen LogP contribution in [0.3, 0.4) is 0 Å². The van der Waals surface area contributed by atoms with E-state index in [-0.39, 0.29) is 18.9 Å². The molecular formula is C11H9N3O2. The van der Waals surface area contributed by atoms with Gasteiger partial charge in [-0.2, -0.15) is 10.5 Å². The highest BCUT2D eigenvalue weighted by Crippen LogP contribution is 2.17. The predicted octanol–water partition coefficient (Wildman–Crippen LogP) is 1.44. The number of nitrogens with zero attached hydrogens (tertiary/aromatic N) is 2. The van der Waals surface area contributed by atoms with Crippen LogP contribution in [-0.2, 0) is 4.79 Å². The first-order valence-electron chi connectivity index (χ1n) is 4.53. The van der Waals surface area contributed by atoms with Gasteiger partial charge in [-0.1, -0.05) is 6.07 Å². The van der Waals surface area contributed by atoms with Crippen LogP contribution in [0, 0.1) is 22.7 Å². The van der Waals surface area contributed by atoms with Gasteiger partial charge < -0.3 is 10.1 Å². The number of benzene rings is 1. The molecule has 0 aromatic heterocycles. The van der Waals surface area contributed by atoms with E-state index in [2.05, 4.69) is 5.32 Å². The van der Waals surface area contributed by atoms with Gasteiger partial charge >= 0.3 is 0 Å². The third-order valence-electron chi connectivity index (χ3n) is 1.66. The summed E-state index contributed by atoms with van der Waals surface area (Å²) in [4.78, 5) is 11.1. The van der Waals surface area contributed by atoms with Crippen molar-refractivity contribution in [3.05, 3.63) is 24.3 Å². The van der Waals surface area contributed by atoms with Crippen molar-refractivity contribution >= 4 is 11.6 Å². The molecule has 1 N–H and O–H groups in total. The molecule has 0 fully saturated rings. The highest BCUT2D eigenvalue weighted by Gasteiger charge is 2.02. The first kappa shape index (κ1) is 11.5. The van der Waals surface area contributed by atoms with Crippen LogP contribution < -0.4 is 10.1 Å². The zero-order valence-electron chi connectivity index (χ0n) is 8.43. The second kappa shape index (κ2) is 6.05. The third kappa shape index (κ3) is 3.69. The van der Waals surface area contributed by atoms with Crippen molar-refractivity contribution in [2.24, 2.45) is 0 Å². The molecule has 0 atom stereocenters. The van der Waals surface area contributed by atoms with Crippen molar-refractivity contribution in [3.8, 4) is 17.9 Å². The molecule has 80 valence electrons. The van der Waals surface area contributed by atoms with Gasteiger partial charge in [0, 0.05) is 11.8 Å². The first-order chi connectivity index (χ1) is 7.76. The van der Waals surface area contributed by atoms with Crippen LogP contribution in [0.15, 0.2) is 24.3 Å². The summed E-state index contributed by atoms with van der Waals surface area (Å²) in [5.41, 5.74) is 0.538. The van der Waals surface area contributed by atoms with Crippen LogP contribution >= 0.6 is 0 Å². The van der Waals surface area contributed by atoms with E-state index in [1.807, 2.05) is 6.07 Å². The molecule has 0 heterocycles. The molecule has 5 heteroatoms. The lowest BCUT2D eigenvalue weighted by molar-refractivity contribution is -0.115. The SMILES string of the molecule is N#CCOc1cccc(NC(=O)CC#N)c1. The molecule has 0 aliphatic rings. The molecule has 16 heavy (non-hydrogen) atoms. The van der Waals surface area contributed by atoms with Crippen molar-refractivity contribution < 1.29 is 9.53 Å².